The second kappa shape index (κ2) is 7.79. The molecule has 0 spiro atoms. The van der Waals surface area contributed by atoms with Gasteiger partial charge in [0.1, 0.15) is 5.75 Å². The number of halogens is 2. The Morgan fingerprint density at radius 2 is 2.22 bits per heavy atom. The molecule has 1 aromatic carbocycles. The fourth-order valence-electron chi connectivity index (χ4n) is 1.53. The number of benzene rings is 1. The highest BCUT2D eigenvalue weighted by molar-refractivity contribution is 9.10. The Labute approximate surface area is 125 Å². The van der Waals surface area contributed by atoms with Gasteiger partial charge in [-0.15, -0.1) is 0 Å². The summed E-state index contributed by atoms with van der Waals surface area (Å²) in [6.45, 7) is 2.77. The first-order valence-corrected chi connectivity index (χ1v) is 7.51. The van der Waals surface area contributed by atoms with E-state index in [4.69, 9.17) is 4.74 Å². The van der Waals surface area contributed by atoms with Gasteiger partial charge in [-0.25, -0.2) is 0 Å². The minimum Gasteiger partial charge on any atom is -0.496 e. The van der Waals surface area contributed by atoms with Crippen molar-refractivity contribution in [1.82, 2.24) is 5.32 Å². The van der Waals surface area contributed by atoms with Crippen LogP contribution >= 0.6 is 31.9 Å². The second-order valence-corrected chi connectivity index (χ2v) is 6.50. The number of rotatable bonds is 6. The maximum absolute atomic E-state index is 12.0. The van der Waals surface area contributed by atoms with Gasteiger partial charge >= 0.3 is 0 Å². The summed E-state index contributed by atoms with van der Waals surface area (Å²) in [5.41, 5.74) is 0.563. The average molecular weight is 379 g/mol. The highest BCUT2D eigenvalue weighted by atomic mass is 79.9. The van der Waals surface area contributed by atoms with Gasteiger partial charge in [-0.3, -0.25) is 4.79 Å². The lowest BCUT2D eigenvalue weighted by atomic mass is 10.2. The van der Waals surface area contributed by atoms with Crippen molar-refractivity contribution in [2.75, 3.05) is 13.7 Å². The smallest absolute Gasteiger partial charge is 0.255 e. The number of ether oxygens (including phenoxy) is 1. The summed E-state index contributed by atoms with van der Waals surface area (Å²) in [5.74, 6) is 0.484. The summed E-state index contributed by atoms with van der Waals surface area (Å²) in [6.07, 6.45) is 1.99. The van der Waals surface area contributed by atoms with Crippen LogP contribution in [0.5, 0.6) is 5.75 Å². The molecule has 0 fully saturated rings. The minimum absolute atomic E-state index is 0.0958. The molecular weight excluding hydrogens is 362 g/mol. The summed E-state index contributed by atoms with van der Waals surface area (Å²) in [4.78, 5) is 12.4. The number of carbonyl (C=O) groups is 1. The molecule has 100 valence electrons. The summed E-state index contributed by atoms with van der Waals surface area (Å²) < 4.78 is 6.09. The number of nitrogens with one attached hydrogen (secondary N) is 1. The standard InChI is InChI=1S/C13H17Br2NO2/c1-9(14)4-3-7-16-13(17)11-6-5-10(15)8-12(11)18-2/h5-6,8-9H,3-4,7H2,1-2H3,(H,16,17). The maximum atomic E-state index is 12.0. The van der Waals surface area contributed by atoms with Crippen LogP contribution in [-0.2, 0) is 0 Å². The number of alkyl halides is 1. The maximum Gasteiger partial charge on any atom is 0.255 e. The van der Waals surface area contributed by atoms with E-state index in [1.54, 1.807) is 19.2 Å². The lowest BCUT2D eigenvalue weighted by Crippen LogP contribution is -2.25. The Morgan fingerprint density at radius 3 is 2.83 bits per heavy atom. The van der Waals surface area contributed by atoms with Crippen molar-refractivity contribution in [3.05, 3.63) is 28.2 Å². The highest BCUT2D eigenvalue weighted by Crippen LogP contribution is 2.23. The Bertz CT molecular complexity index is 408. The fourth-order valence-corrected chi connectivity index (χ4v) is 2.20. The molecule has 0 saturated heterocycles. The summed E-state index contributed by atoms with van der Waals surface area (Å²) in [6, 6.07) is 5.37. The lowest BCUT2D eigenvalue weighted by Gasteiger charge is -2.10. The Morgan fingerprint density at radius 1 is 1.50 bits per heavy atom. The van der Waals surface area contributed by atoms with E-state index in [2.05, 4.69) is 44.1 Å². The lowest BCUT2D eigenvalue weighted by molar-refractivity contribution is 0.0950. The number of carbonyl (C=O) groups excluding carboxylic acids is 1. The molecule has 0 aliphatic carbocycles. The quantitative estimate of drug-likeness (QED) is 0.604. The van der Waals surface area contributed by atoms with Gasteiger partial charge < -0.3 is 10.1 Å². The van der Waals surface area contributed by atoms with Crippen LogP contribution in [0.2, 0.25) is 0 Å². The molecule has 0 radical (unpaired) electrons. The van der Waals surface area contributed by atoms with E-state index >= 15 is 0 Å². The van der Waals surface area contributed by atoms with Crippen LogP contribution in [0.25, 0.3) is 0 Å². The van der Waals surface area contributed by atoms with Crippen molar-refractivity contribution in [1.29, 1.82) is 0 Å². The predicted octanol–water partition coefficient (Wildman–Crippen LogP) is 3.75. The third-order valence-corrected chi connectivity index (χ3v) is 3.42. The molecule has 1 rings (SSSR count). The van der Waals surface area contributed by atoms with Crippen molar-refractivity contribution in [2.45, 2.75) is 24.6 Å². The highest BCUT2D eigenvalue weighted by Gasteiger charge is 2.11. The molecule has 1 N–H and O–H groups in total. The van der Waals surface area contributed by atoms with Gasteiger partial charge in [0.15, 0.2) is 0 Å². The Balaban J connectivity index is 2.56. The van der Waals surface area contributed by atoms with Gasteiger partial charge in [0, 0.05) is 15.8 Å². The van der Waals surface area contributed by atoms with E-state index in [9.17, 15) is 4.79 Å². The van der Waals surface area contributed by atoms with E-state index in [1.807, 2.05) is 6.07 Å². The molecular formula is C13H17Br2NO2. The van der Waals surface area contributed by atoms with Crippen molar-refractivity contribution in [3.8, 4) is 5.75 Å². The van der Waals surface area contributed by atoms with Crippen molar-refractivity contribution in [2.24, 2.45) is 0 Å². The molecule has 1 amide bonds. The van der Waals surface area contributed by atoms with Gasteiger partial charge in [0.05, 0.1) is 12.7 Å². The topological polar surface area (TPSA) is 38.3 Å². The van der Waals surface area contributed by atoms with Crippen LogP contribution in [0, 0.1) is 0 Å². The zero-order valence-electron chi connectivity index (χ0n) is 10.5. The molecule has 18 heavy (non-hydrogen) atoms. The van der Waals surface area contributed by atoms with Gasteiger partial charge in [0.2, 0.25) is 0 Å². The van der Waals surface area contributed by atoms with Crippen LogP contribution in [0.1, 0.15) is 30.1 Å². The molecule has 5 heteroatoms. The zero-order chi connectivity index (χ0) is 13.5. The second-order valence-electron chi connectivity index (χ2n) is 4.02. The van der Waals surface area contributed by atoms with Crippen LogP contribution < -0.4 is 10.1 Å². The summed E-state index contributed by atoms with van der Waals surface area (Å²) in [5, 5.41) is 2.89. The van der Waals surface area contributed by atoms with Crippen LogP contribution in [0.4, 0.5) is 0 Å². The van der Waals surface area contributed by atoms with Crippen LogP contribution in [0.15, 0.2) is 22.7 Å². The van der Waals surface area contributed by atoms with Crippen molar-refractivity contribution >= 4 is 37.8 Å². The normalized spacial score (nSPS) is 12.0. The molecule has 1 aromatic rings. The largest absolute Gasteiger partial charge is 0.496 e. The Hall–Kier alpha value is -0.550. The number of hydrogen-bond donors (Lipinski definition) is 1. The van der Waals surface area contributed by atoms with Gasteiger partial charge in [-0.2, -0.15) is 0 Å². The van der Waals surface area contributed by atoms with Crippen LogP contribution in [-0.4, -0.2) is 24.4 Å². The number of methoxy groups -OCH3 is 1. The van der Waals surface area contributed by atoms with Crippen molar-refractivity contribution < 1.29 is 9.53 Å². The van der Waals surface area contributed by atoms with E-state index in [1.165, 1.54) is 0 Å². The third-order valence-electron chi connectivity index (χ3n) is 2.47. The van der Waals surface area contributed by atoms with Crippen molar-refractivity contribution in [3.63, 3.8) is 0 Å². The first-order valence-electron chi connectivity index (χ1n) is 5.80. The first kappa shape index (κ1) is 15.5. The van der Waals surface area contributed by atoms with E-state index < -0.39 is 0 Å². The molecule has 1 atom stereocenters. The monoisotopic (exact) mass is 377 g/mol. The first-order chi connectivity index (χ1) is 8.54. The van der Waals surface area contributed by atoms with E-state index in [-0.39, 0.29) is 5.91 Å². The molecule has 0 heterocycles. The van der Waals surface area contributed by atoms with Gasteiger partial charge in [-0.1, -0.05) is 38.8 Å². The summed E-state index contributed by atoms with van der Waals surface area (Å²) >= 11 is 6.83. The SMILES string of the molecule is COc1cc(Br)ccc1C(=O)NCCCC(C)Br. The van der Waals surface area contributed by atoms with Crippen LogP contribution in [0.3, 0.4) is 0 Å². The zero-order valence-corrected chi connectivity index (χ0v) is 13.7. The fraction of sp³-hybridized carbons (Fsp3) is 0.462. The predicted molar refractivity (Wildman–Crippen MR) is 80.7 cm³/mol. The molecule has 0 saturated carbocycles. The minimum atomic E-state index is -0.0958. The average Bonchev–Trinajstić information content (AvgIpc) is 2.33. The Kier molecular flexibility index (Phi) is 6.71. The number of hydrogen-bond acceptors (Lipinski definition) is 2. The summed E-state index contributed by atoms with van der Waals surface area (Å²) in [7, 11) is 1.56. The molecule has 0 aromatic heterocycles. The molecule has 0 bridgehead atoms. The van der Waals surface area contributed by atoms with Gasteiger partial charge in [-0.05, 0) is 31.0 Å². The molecule has 0 aliphatic heterocycles. The van der Waals surface area contributed by atoms with E-state index in [0.717, 1.165) is 17.3 Å². The molecule has 0 aliphatic rings. The third kappa shape index (κ3) is 4.98. The molecule has 1 unspecified atom stereocenters. The number of amides is 1. The van der Waals surface area contributed by atoms with E-state index in [0.29, 0.717) is 22.7 Å². The molecule has 3 nitrogen and oxygen atoms in total. The van der Waals surface area contributed by atoms with Gasteiger partial charge in [0.25, 0.3) is 5.91 Å².